The molecular weight excluding hydrogens is 265 g/mol. The van der Waals surface area contributed by atoms with Crippen LogP contribution in [0.3, 0.4) is 0 Å². The van der Waals surface area contributed by atoms with E-state index in [0.29, 0.717) is 23.1 Å². The van der Waals surface area contributed by atoms with E-state index in [0.717, 1.165) is 11.1 Å². The molecule has 0 atom stereocenters. The van der Waals surface area contributed by atoms with Crippen LogP contribution in [0.25, 0.3) is 0 Å². The average Bonchev–Trinajstić information content (AvgIpc) is 2.37. The van der Waals surface area contributed by atoms with Crippen molar-refractivity contribution in [2.75, 3.05) is 7.05 Å². The first-order valence-electron chi connectivity index (χ1n) is 5.97. The van der Waals surface area contributed by atoms with Crippen LogP contribution in [-0.2, 0) is 6.54 Å². The SMILES string of the molecule is CNCc1cc(F)ccc1Oc1ccc(Cl)c(C)c1. The predicted molar refractivity (Wildman–Crippen MR) is 75.4 cm³/mol. The lowest BCUT2D eigenvalue weighted by molar-refractivity contribution is 0.471. The lowest BCUT2D eigenvalue weighted by atomic mass is 10.2. The van der Waals surface area contributed by atoms with Crippen LogP contribution in [0.15, 0.2) is 36.4 Å². The molecule has 100 valence electrons. The molecule has 1 N–H and O–H groups in total. The molecule has 0 spiro atoms. The van der Waals surface area contributed by atoms with Crippen molar-refractivity contribution >= 4 is 11.6 Å². The molecule has 0 radical (unpaired) electrons. The highest BCUT2D eigenvalue weighted by Crippen LogP contribution is 2.28. The van der Waals surface area contributed by atoms with Gasteiger partial charge >= 0.3 is 0 Å². The van der Waals surface area contributed by atoms with Crippen LogP contribution < -0.4 is 10.1 Å². The van der Waals surface area contributed by atoms with Gasteiger partial charge in [0, 0.05) is 17.1 Å². The van der Waals surface area contributed by atoms with Gasteiger partial charge in [-0.15, -0.1) is 0 Å². The van der Waals surface area contributed by atoms with Gasteiger partial charge in [-0.25, -0.2) is 4.39 Å². The summed E-state index contributed by atoms with van der Waals surface area (Å²) in [5.74, 6) is 1.05. The molecule has 0 aliphatic rings. The number of benzene rings is 2. The minimum atomic E-state index is -0.273. The quantitative estimate of drug-likeness (QED) is 0.901. The van der Waals surface area contributed by atoms with Gasteiger partial charge in [0.05, 0.1) is 0 Å². The number of ether oxygens (including phenoxy) is 1. The molecule has 0 saturated heterocycles. The van der Waals surface area contributed by atoms with Gasteiger partial charge in [0.15, 0.2) is 0 Å². The maximum atomic E-state index is 13.2. The van der Waals surface area contributed by atoms with Crippen LogP contribution >= 0.6 is 11.6 Å². The van der Waals surface area contributed by atoms with Crippen molar-refractivity contribution in [3.63, 3.8) is 0 Å². The van der Waals surface area contributed by atoms with Gasteiger partial charge in [-0.2, -0.15) is 0 Å². The molecule has 0 unspecified atom stereocenters. The number of hydrogen-bond acceptors (Lipinski definition) is 2. The number of aryl methyl sites for hydroxylation is 1. The van der Waals surface area contributed by atoms with Gasteiger partial charge in [0.2, 0.25) is 0 Å². The summed E-state index contributed by atoms with van der Waals surface area (Å²) in [6, 6.07) is 9.92. The van der Waals surface area contributed by atoms with Crippen LogP contribution in [0.4, 0.5) is 4.39 Å². The summed E-state index contributed by atoms with van der Waals surface area (Å²) >= 11 is 5.97. The highest BCUT2D eigenvalue weighted by molar-refractivity contribution is 6.31. The summed E-state index contributed by atoms with van der Waals surface area (Å²) in [5, 5.41) is 3.69. The third-order valence-electron chi connectivity index (χ3n) is 2.75. The maximum absolute atomic E-state index is 13.2. The average molecular weight is 280 g/mol. The molecule has 0 amide bonds. The van der Waals surface area contributed by atoms with Crippen molar-refractivity contribution in [2.45, 2.75) is 13.5 Å². The molecular formula is C15H15ClFNO. The van der Waals surface area contributed by atoms with Crippen LogP contribution in [0.1, 0.15) is 11.1 Å². The van der Waals surface area contributed by atoms with Crippen molar-refractivity contribution in [3.8, 4) is 11.5 Å². The molecule has 0 aliphatic carbocycles. The van der Waals surface area contributed by atoms with Crippen molar-refractivity contribution < 1.29 is 9.13 Å². The van der Waals surface area contributed by atoms with Crippen LogP contribution in [0, 0.1) is 12.7 Å². The first-order chi connectivity index (χ1) is 9.10. The van der Waals surface area contributed by atoms with E-state index in [-0.39, 0.29) is 5.82 Å². The summed E-state index contributed by atoms with van der Waals surface area (Å²) in [6.45, 7) is 2.45. The van der Waals surface area contributed by atoms with Crippen molar-refractivity contribution in [3.05, 3.63) is 58.4 Å². The van der Waals surface area contributed by atoms with E-state index < -0.39 is 0 Å². The molecule has 0 heterocycles. The second-order valence-electron chi connectivity index (χ2n) is 4.30. The molecule has 2 aromatic rings. The van der Waals surface area contributed by atoms with Gasteiger partial charge < -0.3 is 10.1 Å². The topological polar surface area (TPSA) is 21.3 Å². The predicted octanol–water partition coefficient (Wildman–Crippen LogP) is 4.30. The summed E-state index contributed by atoms with van der Waals surface area (Å²) < 4.78 is 19.0. The summed E-state index contributed by atoms with van der Waals surface area (Å²) in [5.41, 5.74) is 1.71. The lowest BCUT2D eigenvalue weighted by Gasteiger charge is -2.12. The van der Waals surface area contributed by atoms with E-state index in [1.165, 1.54) is 12.1 Å². The molecule has 19 heavy (non-hydrogen) atoms. The Morgan fingerprint density at radius 3 is 2.68 bits per heavy atom. The zero-order valence-corrected chi connectivity index (χ0v) is 11.6. The van der Waals surface area contributed by atoms with Gasteiger partial charge in [0.1, 0.15) is 17.3 Å². The van der Waals surface area contributed by atoms with E-state index in [4.69, 9.17) is 16.3 Å². The Kier molecular flexibility index (Phi) is 4.40. The van der Waals surface area contributed by atoms with Crippen molar-refractivity contribution in [1.29, 1.82) is 0 Å². The third-order valence-corrected chi connectivity index (χ3v) is 3.17. The molecule has 0 saturated carbocycles. The molecule has 2 aromatic carbocycles. The Morgan fingerprint density at radius 2 is 2.00 bits per heavy atom. The maximum Gasteiger partial charge on any atom is 0.132 e. The Bertz CT molecular complexity index is 586. The molecule has 0 fully saturated rings. The lowest BCUT2D eigenvalue weighted by Crippen LogP contribution is -2.06. The Labute approximate surface area is 117 Å². The fourth-order valence-corrected chi connectivity index (χ4v) is 1.90. The summed E-state index contributed by atoms with van der Waals surface area (Å²) in [7, 11) is 1.81. The number of nitrogens with one attached hydrogen (secondary N) is 1. The van der Waals surface area contributed by atoms with E-state index in [2.05, 4.69) is 5.32 Å². The molecule has 2 rings (SSSR count). The van der Waals surface area contributed by atoms with Crippen LogP contribution in [0.5, 0.6) is 11.5 Å². The monoisotopic (exact) mass is 279 g/mol. The highest BCUT2D eigenvalue weighted by atomic mass is 35.5. The molecule has 0 bridgehead atoms. The smallest absolute Gasteiger partial charge is 0.132 e. The van der Waals surface area contributed by atoms with E-state index >= 15 is 0 Å². The van der Waals surface area contributed by atoms with Gasteiger partial charge in [-0.3, -0.25) is 0 Å². The molecule has 4 heteroatoms. The Balaban J connectivity index is 2.29. The van der Waals surface area contributed by atoms with Crippen LogP contribution in [-0.4, -0.2) is 7.05 Å². The van der Waals surface area contributed by atoms with Gasteiger partial charge in [-0.1, -0.05) is 11.6 Å². The largest absolute Gasteiger partial charge is 0.457 e. The second kappa shape index (κ2) is 6.04. The molecule has 0 aliphatic heterocycles. The second-order valence-corrected chi connectivity index (χ2v) is 4.70. The zero-order valence-electron chi connectivity index (χ0n) is 10.8. The molecule has 0 aromatic heterocycles. The van der Waals surface area contributed by atoms with E-state index in [1.54, 1.807) is 25.2 Å². The van der Waals surface area contributed by atoms with Crippen molar-refractivity contribution in [1.82, 2.24) is 5.32 Å². The molecule has 2 nitrogen and oxygen atoms in total. The van der Waals surface area contributed by atoms with E-state index in [1.807, 2.05) is 13.0 Å². The first-order valence-corrected chi connectivity index (χ1v) is 6.35. The fourth-order valence-electron chi connectivity index (χ4n) is 1.78. The highest BCUT2D eigenvalue weighted by Gasteiger charge is 2.07. The minimum absolute atomic E-state index is 0.273. The third kappa shape index (κ3) is 3.46. The van der Waals surface area contributed by atoms with Gasteiger partial charge in [-0.05, 0) is 55.9 Å². The first kappa shape index (κ1) is 13.8. The summed E-state index contributed by atoms with van der Waals surface area (Å²) in [4.78, 5) is 0. The standard InChI is InChI=1S/C15H15ClFNO/c1-10-7-13(4-5-14(10)16)19-15-6-3-12(17)8-11(15)9-18-2/h3-8,18H,9H2,1-2H3. The zero-order chi connectivity index (χ0) is 13.8. The van der Waals surface area contributed by atoms with Crippen molar-refractivity contribution in [2.24, 2.45) is 0 Å². The minimum Gasteiger partial charge on any atom is -0.457 e. The normalized spacial score (nSPS) is 10.5. The Morgan fingerprint density at radius 1 is 1.21 bits per heavy atom. The number of hydrogen-bond donors (Lipinski definition) is 1. The van der Waals surface area contributed by atoms with E-state index in [9.17, 15) is 4.39 Å². The summed E-state index contributed by atoms with van der Waals surface area (Å²) in [6.07, 6.45) is 0. The number of rotatable bonds is 4. The number of halogens is 2. The fraction of sp³-hybridized carbons (Fsp3) is 0.200. The van der Waals surface area contributed by atoms with Gasteiger partial charge in [0.25, 0.3) is 0 Å². The van der Waals surface area contributed by atoms with Crippen LogP contribution in [0.2, 0.25) is 5.02 Å². The Hall–Kier alpha value is -1.58.